The molecule has 0 aromatic carbocycles. The van der Waals surface area contributed by atoms with Gasteiger partial charge in [-0.3, -0.25) is 8.78 Å². The van der Waals surface area contributed by atoms with E-state index in [4.69, 9.17) is 16.3 Å². The highest BCUT2D eigenvalue weighted by molar-refractivity contribution is 8.06. The van der Waals surface area contributed by atoms with Gasteiger partial charge in [-0.2, -0.15) is 0 Å². The molecule has 3 nitrogen and oxygen atoms in total. The summed E-state index contributed by atoms with van der Waals surface area (Å²) in [5.74, 6) is 0. The summed E-state index contributed by atoms with van der Waals surface area (Å²) in [7, 11) is 6.86. The molecule has 0 fully saturated rings. The smallest absolute Gasteiger partial charge is 0.301 e. The third-order valence-electron chi connectivity index (χ3n) is 0.996. The monoisotopic (exact) mass is 170 g/mol. The number of hydrogen-bond acceptors (Lipinski definition) is 2. The Morgan fingerprint density at radius 3 is 1.78 bits per heavy atom. The van der Waals surface area contributed by atoms with Crippen LogP contribution < -0.4 is 0 Å². The normalized spacial score (nSPS) is 19.2. The Morgan fingerprint density at radius 1 is 1.44 bits per heavy atom. The molecule has 1 unspecified atom stereocenters. The van der Waals surface area contributed by atoms with E-state index in [-0.39, 0.29) is 0 Å². The van der Waals surface area contributed by atoms with Gasteiger partial charge in [0.1, 0.15) is 0 Å². The Bertz CT molecular complexity index is 142. The van der Waals surface area contributed by atoms with Gasteiger partial charge in [0, 0.05) is 18.9 Å². The summed E-state index contributed by atoms with van der Waals surface area (Å²) in [6.45, 7) is -2.59. The first kappa shape index (κ1) is 9.53. The molecule has 0 aliphatic carbocycles. The summed E-state index contributed by atoms with van der Waals surface area (Å²) in [6.07, 6.45) is 0. The Hall–Kier alpha value is 0.530. The van der Waals surface area contributed by atoms with E-state index in [0.717, 1.165) is 0 Å². The van der Waals surface area contributed by atoms with Crippen LogP contribution in [0.5, 0.6) is 0 Å². The van der Waals surface area contributed by atoms with E-state index in [1.54, 1.807) is 0 Å². The van der Waals surface area contributed by atoms with Crippen LogP contribution in [0.25, 0.3) is 0 Å². The van der Waals surface area contributed by atoms with Crippen LogP contribution in [0.1, 0.15) is 0 Å². The fraction of sp³-hybridized carbons (Fsp3) is 1.00. The van der Waals surface area contributed by atoms with Crippen LogP contribution >= 0.6 is 6.64 Å². The molecule has 0 bridgehead atoms. The zero-order chi connectivity index (χ0) is 7.71. The summed E-state index contributed by atoms with van der Waals surface area (Å²) >= 11 is 4.80. The quantitative estimate of drug-likeness (QED) is 0.614. The minimum Gasteiger partial charge on any atom is -0.301 e. The van der Waals surface area contributed by atoms with E-state index in [0.29, 0.717) is 4.25 Å². The number of rotatable bonds is 2. The molecule has 0 amide bonds. The third kappa shape index (κ3) is 2.32. The summed E-state index contributed by atoms with van der Waals surface area (Å²) in [5.41, 5.74) is 0. The lowest BCUT2D eigenvalue weighted by Crippen LogP contribution is -2.30. The summed E-state index contributed by atoms with van der Waals surface area (Å²) in [6, 6.07) is 0. The van der Waals surface area contributed by atoms with Crippen LogP contribution in [0.4, 0.5) is 0 Å². The highest BCUT2D eigenvalue weighted by Crippen LogP contribution is 2.48. The molecule has 0 aliphatic heterocycles. The fourth-order valence-corrected chi connectivity index (χ4v) is 0.735. The number of hydrogen-bond donors (Lipinski definition) is 1. The van der Waals surface area contributed by atoms with Crippen molar-refractivity contribution < 1.29 is 13.7 Å². The van der Waals surface area contributed by atoms with Gasteiger partial charge in [0.25, 0.3) is 0 Å². The Labute approximate surface area is 61.1 Å². The van der Waals surface area contributed by atoms with E-state index in [1.165, 1.54) is 7.11 Å². The molecule has 0 spiro atoms. The van der Waals surface area contributed by atoms with Crippen molar-refractivity contribution in [3.8, 4) is 0 Å². The molecule has 1 N–H and O–H groups in total. The third-order valence-corrected chi connectivity index (χ3v) is 4.91. The van der Waals surface area contributed by atoms with Gasteiger partial charge >= 0.3 is 6.64 Å². The molecule has 0 radical (unpaired) electrons. The summed E-state index contributed by atoms with van der Waals surface area (Å²) in [5, 5.41) is 0. The number of quaternary nitrogens is 1. The molecular formula is C4H13NO2PS+. The maximum absolute atomic E-state index is 9.34. The zero-order valence-electron chi connectivity index (χ0n) is 6.16. The van der Waals surface area contributed by atoms with E-state index < -0.39 is 6.64 Å². The first-order chi connectivity index (χ1) is 3.81. The van der Waals surface area contributed by atoms with Crippen LogP contribution in [0.3, 0.4) is 0 Å². The molecule has 0 aromatic rings. The van der Waals surface area contributed by atoms with Crippen molar-refractivity contribution >= 4 is 18.4 Å². The van der Waals surface area contributed by atoms with Gasteiger partial charge in [0.05, 0.1) is 21.1 Å². The summed E-state index contributed by atoms with van der Waals surface area (Å²) in [4.78, 5) is 9.34. The van der Waals surface area contributed by atoms with E-state index in [2.05, 4.69) is 0 Å². The summed E-state index contributed by atoms with van der Waals surface area (Å²) < 4.78 is 5.06. The molecule has 0 heterocycles. The average Bonchev–Trinajstić information content (AvgIpc) is 1.64. The van der Waals surface area contributed by atoms with Crippen LogP contribution in [0, 0.1) is 0 Å². The molecule has 0 rings (SSSR count). The van der Waals surface area contributed by atoms with Crippen LogP contribution in [0.2, 0.25) is 0 Å². The van der Waals surface area contributed by atoms with Gasteiger partial charge in [-0.1, -0.05) is 0 Å². The van der Waals surface area contributed by atoms with Crippen molar-refractivity contribution in [1.29, 1.82) is 0 Å². The molecule has 0 aromatic heterocycles. The van der Waals surface area contributed by atoms with Gasteiger partial charge in [-0.15, -0.1) is 0 Å². The van der Waals surface area contributed by atoms with E-state index in [1.807, 2.05) is 21.1 Å². The van der Waals surface area contributed by atoms with Crippen LogP contribution in [-0.4, -0.2) is 37.4 Å². The highest BCUT2D eigenvalue weighted by atomic mass is 32.5. The lowest BCUT2D eigenvalue weighted by atomic mass is 11.0. The average molecular weight is 170 g/mol. The van der Waals surface area contributed by atoms with Gasteiger partial charge in [-0.25, -0.2) is 0 Å². The van der Waals surface area contributed by atoms with Crippen LogP contribution in [0.15, 0.2) is 0 Å². The lowest BCUT2D eigenvalue weighted by molar-refractivity contribution is -0.752. The van der Waals surface area contributed by atoms with Gasteiger partial charge in [0.2, 0.25) is 0 Å². The second kappa shape index (κ2) is 2.64. The van der Waals surface area contributed by atoms with Crippen molar-refractivity contribution in [2.45, 2.75) is 0 Å². The topological polar surface area (TPSA) is 29.5 Å². The molecule has 9 heavy (non-hydrogen) atoms. The standard InChI is InChI=1S/C4H12NO2PS/c1-5(2,3)8(6,9)7-4/h1-4H3/p+1. The van der Waals surface area contributed by atoms with E-state index >= 15 is 0 Å². The lowest BCUT2D eigenvalue weighted by Gasteiger charge is -2.29. The molecule has 5 heteroatoms. The maximum atomic E-state index is 9.34. The fourth-order valence-electron chi connectivity index (χ4n) is 0.245. The zero-order valence-corrected chi connectivity index (χ0v) is 7.87. The number of nitrogens with zero attached hydrogens (tertiary/aromatic N) is 1. The van der Waals surface area contributed by atoms with Crippen LogP contribution in [-0.2, 0) is 16.3 Å². The van der Waals surface area contributed by atoms with Crippen molar-refractivity contribution in [2.75, 3.05) is 28.3 Å². The molecule has 1 atom stereocenters. The van der Waals surface area contributed by atoms with Crippen molar-refractivity contribution in [3.05, 3.63) is 0 Å². The van der Waals surface area contributed by atoms with Gasteiger partial charge in [-0.05, 0) is 0 Å². The first-order valence-corrected chi connectivity index (χ1v) is 5.14. The maximum Gasteiger partial charge on any atom is 0.381 e. The largest absolute Gasteiger partial charge is 0.381 e. The van der Waals surface area contributed by atoms with E-state index in [9.17, 15) is 4.89 Å². The molecular weight excluding hydrogens is 157 g/mol. The molecule has 0 saturated carbocycles. The second-order valence-electron chi connectivity index (χ2n) is 2.61. The van der Waals surface area contributed by atoms with Gasteiger partial charge < -0.3 is 4.89 Å². The minimum atomic E-state index is -2.59. The predicted molar refractivity (Wildman–Crippen MR) is 41.5 cm³/mol. The SMILES string of the molecule is COP(O)(=S)[N+](C)(C)C. The highest BCUT2D eigenvalue weighted by Gasteiger charge is 2.29. The Balaban J connectivity index is 4.35. The first-order valence-electron chi connectivity index (χ1n) is 2.52. The second-order valence-corrected chi connectivity index (χ2v) is 6.59. The molecule has 0 saturated heterocycles. The predicted octanol–water partition coefficient (Wildman–Crippen LogP) is 0.556. The Kier molecular flexibility index (Phi) is 2.80. The van der Waals surface area contributed by atoms with Crippen molar-refractivity contribution in [3.63, 3.8) is 0 Å². The van der Waals surface area contributed by atoms with Gasteiger partial charge in [0.15, 0.2) is 0 Å². The van der Waals surface area contributed by atoms with Crippen molar-refractivity contribution in [1.82, 2.24) is 0 Å². The Morgan fingerprint density at radius 2 is 1.78 bits per heavy atom. The van der Waals surface area contributed by atoms with Crippen molar-refractivity contribution in [2.24, 2.45) is 0 Å². The minimum absolute atomic E-state index is 0.304. The molecule has 56 valence electrons. The molecule has 0 aliphatic rings.